The average Bonchev–Trinajstić information content (AvgIpc) is 2.79. The van der Waals surface area contributed by atoms with E-state index in [1.165, 1.54) is 9.75 Å². The highest BCUT2D eigenvalue weighted by Gasteiger charge is 2.23. The van der Waals surface area contributed by atoms with E-state index in [1.54, 1.807) is 0 Å². The van der Waals surface area contributed by atoms with Crippen LogP contribution in [-0.4, -0.2) is 36.2 Å². The van der Waals surface area contributed by atoms with Gasteiger partial charge in [0.1, 0.15) is 0 Å². The van der Waals surface area contributed by atoms with Crippen LogP contribution in [0.15, 0.2) is 12.1 Å². The van der Waals surface area contributed by atoms with Crippen molar-refractivity contribution < 1.29 is 4.74 Å². The van der Waals surface area contributed by atoms with Crippen LogP contribution in [0, 0.1) is 0 Å². The van der Waals surface area contributed by atoms with Gasteiger partial charge in [-0.05, 0) is 26.0 Å². The minimum absolute atomic E-state index is 0.359. The Kier molecular flexibility index (Phi) is 5.39. The van der Waals surface area contributed by atoms with E-state index >= 15 is 0 Å². The lowest BCUT2D eigenvalue weighted by molar-refractivity contribution is -0.0523. The monoisotopic (exact) mass is 282 g/mol. The summed E-state index contributed by atoms with van der Waals surface area (Å²) in [5, 5.41) is 3.47. The Morgan fingerprint density at radius 2 is 2.11 bits per heavy atom. The Bertz CT molecular complexity index is 391. The van der Waals surface area contributed by atoms with Gasteiger partial charge in [-0.2, -0.15) is 0 Å². The molecule has 1 aromatic rings. The fraction of sp³-hybridized carbons (Fsp3) is 0.733. The highest BCUT2D eigenvalue weighted by Crippen LogP contribution is 2.21. The normalized spacial score (nSPS) is 25.1. The van der Waals surface area contributed by atoms with Crippen LogP contribution in [-0.2, 0) is 17.8 Å². The van der Waals surface area contributed by atoms with Gasteiger partial charge in [0.2, 0.25) is 0 Å². The molecule has 19 heavy (non-hydrogen) atoms. The van der Waals surface area contributed by atoms with Gasteiger partial charge in [0.15, 0.2) is 0 Å². The highest BCUT2D eigenvalue weighted by molar-refractivity contribution is 7.11. The summed E-state index contributed by atoms with van der Waals surface area (Å²) in [6.07, 6.45) is 0.359. The lowest BCUT2D eigenvalue weighted by atomic mass is 10.2. The molecule has 1 saturated heterocycles. The van der Waals surface area contributed by atoms with Gasteiger partial charge >= 0.3 is 0 Å². The zero-order valence-corrected chi connectivity index (χ0v) is 13.3. The maximum absolute atomic E-state index is 5.68. The fourth-order valence-corrected chi connectivity index (χ4v) is 3.29. The summed E-state index contributed by atoms with van der Waals surface area (Å²) in [7, 11) is 0. The van der Waals surface area contributed by atoms with Crippen LogP contribution in [0.1, 0.15) is 37.4 Å². The second-order valence-corrected chi connectivity index (χ2v) is 7.08. The fourth-order valence-electron chi connectivity index (χ4n) is 2.30. The van der Waals surface area contributed by atoms with Gasteiger partial charge in [0.05, 0.1) is 12.7 Å². The van der Waals surface area contributed by atoms with E-state index < -0.39 is 0 Å². The average molecular weight is 282 g/mol. The lowest BCUT2D eigenvalue weighted by Gasteiger charge is -2.36. The molecule has 1 N–H and O–H groups in total. The molecule has 1 aliphatic rings. The number of morpholine rings is 1. The third-order valence-corrected chi connectivity index (χ3v) is 4.57. The minimum Gasteiger partial charge on any atom is -0.376 e. The van der Waals surface area contributed by atoms with E-state index in [1.807, 2.05) is 11.3 Å². The first kappa shape index (κ1) is 15.0. The maximum Gasteiger partial charge on any atom is 0.0674 e. The van der Waals surface area contributed by atoms with Crippen molar-refractivity contribution in [3.8, 4) is 0 Å². The summed E-state index contributed by atoms with van der Waals surface area (Å²) in [4.78, 5) is 5.42. The zero-order valence-electron chi connectivity index (χ0n) is 12.5. The third kappa shape index (κ3) is 4.56. The molecule has 0 saturated carbocycles. The molecule has 108 valence electrons. The standard InChI is InChI=1S/C15H26N2OS/c1-11(2)16-7-14-5-6-15(19-14)9-17-8-13(4)18-10-12(17)3/h5-6,11-13,16H,7-10H2,1-4H3. The molecular weight excluding hydrogens is 256 g/mol. The van der Waals surface area contributed by atoms with Gasteiger partial charge in [-0.1, -0.05) is 13.8 Å². The van der Waals surface area contributed by atoms with Gasteiger partial charge < -0.3 is 10.1 Å². The van der Waals surface area contributed by atoms with Crippen molar-refractivity contribution in [1.82, 2.24) is 10.2 Å². The zero-order chi connectivity index (χ0) is 13.8. The molecular formula is C15H26N2OS. The largest absolute Gasteiger partial charge is 0.376 e. The number of hydrogen-bond acceptors (Lipinski definition) is 4. The summed E-state index contributed by atoms with van der Waals surface area (Å²) in [6.45, 7) is 12.7. The Labute approximate surface area is 121 Å². The number of nitrogens with one attached hydrogen (secondary N) is 1. The van der Waals surface area contributed by atoms with Crippen LogP contribution in [0.2, 0.25) is 0 Å². The summed E-state index contributed by atoms with van der Waals surface area (Å²) in [5.74, 6) is 0. The highest BCUT2D eigenvalue weighted by atomic mass is 32.1. The molecule has 2 unspecified atom stereocenters. The molecule has 4 heteroatoms. The molecule has 2 atom stereocenters. The van der Waals surface area contributed by atoms with Crippen molar-refractivity contribution in [3.05, 3.63) is 21.9 Å². The van der Waals surface area contributed by atoms with Crippen LogP contribution >= 0.6 is 11.3 Å². The predicted octanol–water partition coefficient (Wildman–Crippen LogP) is 2.86. The van der Waals surface area contributed by atoms with Crippen molar-refractivity contribution in [2.45, 2.75) is 59.0 Å². The quantitative estimate of drug-likeness (QED) is 0.899. The van der Waals surface area contributed by atoms with Crippen LogP contribution < -0.4 is 5.32 Å². The van der Waals surface area contributed by atoms with Crippen molar-refractivity contribution >= 4 is 11.3 Å². The number of thiophene rings is 1. The molecule has 1 aromatic heterocycles. The van der Waals surface area contributed by atoms with Crippen LogP contribution in [0.4, 0.5) is 0 Å². The Balaban J connectivity index is 1.88. The lowest BCUT2D eigenvalue weighted by Crippen LogP contribution is -2.46. The molecule has 0 bridgehead atoms. The Hall–Kier alpha value is -0.420. The van der Waals surface area contributed by atoms with Gasteiger partial charge in [0.25, 0.3) is 0 Å². The van der Waals surface area contributed by atoms with Gasteiger partial charge in [0, 0.05) is 41.5 Å². The van der Waals surface area contributed by atoms with Crippen LogP contribution in [0.3, 0.4) is 0 Å². The minimum atomic E-state index is 0.359. The van der Waals surface area contributed by atoms with E-state index in [0.29, 0.717) is 18.2 Å². The first-order valence-electron chi connectivity index (χ1n) is 7.21. The summed E-state index contributed by atoms with van der Waals surface area (Å²) in [6, 6.07) is 5.60. The molecule has 0 amide bonds. The second kappa shape index (κ2) is 6.84. The topological polar surface area (TPSA) is 24.5 Å². The van der Waals surface area contributed by atoms with Crippen LogP contribution in [0.25, 0.3) is 0 Å². The van der Waals surface area contributed by atoms with Gasteiger partial charge in [-0.3, -0.25) is 4.90 Å². The van der Waals surface area contributed by atoms with E-state index in [2.05, 4.69) is 50.0 Å². The van der Waals surface area contributed by atoms with Crippen LogP contribution in [0.5, 0.6) is 0 Å². The van der Waals surface area contributed by atoms with E-state index in [4.69, 9.17) is 4.74 Å². The summed E-state index contributed by atoms with van der Waals surface area (Å²) < 4.78 is 5.68. The summed E-state index contributed by atoms with van der Waals surface area (Å²) >= 11 is 1.93. The van der Waals surface area contributed by atoms with Gasteiger partial charge in [-0.25, -0.2) is 0 Å². The van der Waals surface area contributed by atoms with Crippen molar-refractivity contribution in [3.63, 3.8) is 0 Å². The Morgan fingerprint density at radius 1 is 1.37 bits per heavy atom. The predicted molar refractivity (Wildman–Crippen MR) is 81.6 cm³/mol. The Morgan fingerprint density at radius 3 is 2.84 bits per heavy atom. The number of hydrogen-bond donors (Lipinski definition) is 1. The van der Waals surface area contributed by atoms with E-state index in [0.717, 1.165) is 26.2 Å². The molecule has 0 aromatic carbocycles. The smallest absolute Gasteiger partial charge is 0.0674 e. The molecule has 0 spiro atoms. The maximum atomic E-state index is 5.68. The first-order chi connectivity index (χ1) is 9.04. The number of ether oxygens (including phenoxy) is 1. The second-order valence-electron chi connectivity index (χ2n) is 5.83. The number of rotatable bonds is 5. The summed E-state index contributed by atoms with van der Waals surface area (Å²) in [5.41, 5.74) is 0. The first-order valence-corrected chi connectivity index (χ1v) is 8.03. The van der Waals surface area contributed by atoms with Crippen molar-refractivity contribution in [1.29, 1.82) is 0 Å². The molecule has 0 aliphatic carbocycles. The molecule has 1 fully saturated rings. The molecule has 3 nitrogen and oxygen atoms in total. The SMILES string of the molecule is CC(C)NCc1ccc(CN2CC(C)OCC2C)s1. The van der Waals surface area contributed by atoms with E-state index in [-0.39, 0.29) is 0 Å². The molecule has 1 aliphatic heterocycles. The number of nitrogens with zero attached hydrogens (tertiary/aromatic N) is 1. The van der Waals surface area contributed by atoms with Crippen molar-refractivity contribution in [2.24, 2.45) is 0 Å². The molecule has 2 rings (SSSR count). The van der Waals surface area contributed by atoms with Gasteiger partial charge in [-0.15, -0.1) is 11.3 Å². The molecule has 0 radical (unpaired) electrons. The van der Waals surface area contributed by atoms with E-state index in [9.17, 15) is 0 Å². The van der Waals surface area contributed by atoms with Crippen molar-refractivity contribution in [2.75, 3.05) is 13.2 Å². The molecule has 2 heterocycles. The third-order valence-electron chi connectivity index (χ3n) is 3.50.